The van der Waals surface area contributed by atoms with Crippen molar-refractivity contribution in [1.29, 1.82) is 0 Å². The maximum Gasteiger partial charge on any atom is 0.227 e. The van der Waals surface area contributed by atoms with E-state index in [2.05, 4.69) is 16.0 Å². The van der Waals surface area contributed by atoms with Crippen LogP contribution in [0.4, 0.5) is 8.78 Å². The predicted octanol–water partition coefficient (Wildman–Crippen LogP) is -0.741. The number of halogens is 2. The summed E-state index contributed by atoms with van der Waals surface area (Å²) in [5.74, 6) is -1.39. The van der Waals surface area contributed by atoms with E-state index >= 15 is 4.39 Å². The van der Waals surface area contributed by atoms with Gasteiger partial charge in [0.05, 0.1) is 29.4 Å². The molecule has 2 amide bonds. The molecule has 1 aliphatic carbocycles. The second-order valence-corrected chi connectivity index (χ2v) is 15.9. The van der Waals surface area contributed by atoms with E-state index in [0.717, 1.165) is 25.7 Å². The Morgan fingerprint density at radius 3 is 2.31 bits per heavy atom. The van der Waals surface area contributed by atoms with Crippen molar-refractivity contribution in [2.45, 2.75) is 93.3 Å². The fourth-order valence-electron chi connectivity index (χ4n) is 7.86. The molecule has 11 nitrogen and oxygen atoms in total. The molecule has 1 spiro atoms. The van der Waals surface area contributed by atoms with Gasteiger partial charge in [-0.1, -0.05) is 6.42 Å². The average Bonchev–Trinajstić information content (AvgIpc) is 2.85. The number of nitrogens with two attached hydrogens (primary N) is 2. The summed E-state index contributed by atoms with van der Waals surface area (Å²) in [7, 11) is -3.16. The summed E-state index contributed by atoms with van der Waals surface area (Å²) in [5, 5.41) is 8.91. The van der Waals surface area contributed by atoms with Crippen LogP contribution in [-0.2, 0) is 19.4 Å². The van der Waals surface area contributed by atoms with Gasteiger partial charge >= 0.3 is 0 Å². The van der Waals surface area contributed by atoms with Crippen molar-refractivity contribution in [2.75, 3.05) is 52.1 Å². The predicted molar refractivity (Wildman–Crippen MR) is 155 cm³/mol. The highest BCUT2D eigenvalue weighted by molar-refractivity contribution is 7.91. The highest BCUT2D eigenvalue weighted by Gasteiger charge is 2.47. The first-order valence-electron chi connectivity index (χ1n) is 15.6. The lowest BCUT2D eigenvalue weighted by Crippen LogP contribution is -2.68. The topological polar surface area (TPSA) is 163 Å². The number of amides is 2. The van der Waals surface area contributed by atoms with E-state index in [1.54, 1.807) is 4.90 Å². The van der Waals surface area contributed by atoms with Crippen LogP contribution in [0.15, 0.2) is 0 Å². The molecule has 240 valence electrons. The van der Waals surface area contributed by atoms with Crippen molar-refractivity contribution in [3.63, 3.8) is 0 Å². The molecular weight excluding hydrogens is 568 g/mol. The number of rotatable bonds is 7. The van der Waals surface area contributed by atoms with Gasteiger partial charge in [-0.3, -0.25) is 14.5 Å². The number of nitrogens with zero attached hydrogens (tertiary/aromatic N) is 2. The lowest BCUT2D eigenvalue weighted by molar-refractivity contribution is -0.140. The van der Waals surface area contributed by atoms with Crippen molar-refractivity contribution in [2.24, 2.45) is 28.7 Å². The first-order chi connectivity index (χ1) is 19.9. The molecule has 5 aliphatic rings. The Bertz CT molecular complexity index is 1080. The van der Waals surface area contributed by atoms with Gasteiger partial charge < -0.3 is 32.3 Å². The molecular formula is C28H49F2N7O4S. The summed E-state index contributed by atoms with van der Waals surface area (Å²) in [6.45, 7) is 2.18. The second-order valence-electron chi connectivity index (χ2n) is 13.6. The first-order valence-corrected chi connectivity index (χ1v) is 17.6. The van der Waals surface area contributed by atoms with Gasteiger partial charge in [-0.2, -0.15) is 0 Å². The lowest BCUT2D eigenvalue weighted by Gasteiger charge is -2.48. The smallest absolute Gasteiger partial charge is 0.227 e. The SMILES string of the molecule is CS(=O)(=O)C1CN(C(=O)C2CCN(C3C(F)CNCC3NC(=O)C(C(N)N)C3CC4(CCC4)CCC(F)CN3)CC2)C1. The van der Waals surface area contributed by atoms with Crippen LogP contribution in [-0.4, -0.2) is 124 Å². The van der Waals surface area contributed by atoms with E-state index in [4.69, 9.17) is 11.5 Å². The van der Waals surface area contributed by atoms with Crippen LogP contribution in [0.25, 0.3) is 0 Å². The molecule has 4 heterocycles. The van der Waals surface area contributed by atoms with Crippen LogP contribution in [0.5, 0.6) is 0 Å². The number of carbonyl (C=O) groups is 2. The van der Waals surface area contributed by atoms with Crippen molar-refractivity contribution >= 4 is 21.7 Å². The molecule has 5 rings (SSSR count). The third kappa shape index (κ3) is 6.93. The zero-order valence-corrected chi connectivity index (χ0v) is 25.5. The largest absolute Gasteiger partial charge is 0.350 e. The molecule has 1 saturated carbocycles. The number of carbonyl (C=O) groups excluding carboxylic acids is 2. The summed E-state index contributed by atoms with van der Waals surface area (Å²) in [4.78, 5) is 30.4. The number of sulfone groups is 1. The average molecular weight is 618 g/mol. The minimum Gasteiger partial charge on any atom is -0.350 e. The Morgan fingerprint density at radius 2 is 1.71 bits per heavy atom. The van der Waals surface area contributed by atoms with Crippen molar-refractivity contribution in [3.05, 3.63) is 0 Å². The second kappa shape index (κ2) is 12.9. The maximum atomic E-state index is 15.5. The van der Waals surface area contributed by atoms with Crippen molar-refractivity contribution in [3.8, 4) is 0 Å². The van der Waals surface area contributed by atoms with Gasteiger partial charge in [0.25, 0.3) is 0 Å². The normalized spacial score (nSPS) is 34.2. The van der Waals surface area contributed by atoms with Crippen LogP contribution in [0.2, 0.25) is 0 Å². The zero-order valence-electron chi connectivity index (χ0n) is 24.6. The summed E-state index contributed by atoms with van der Waals surface area (Å²) in [6, 6.07) is -1.47. The van der Waals surface area contributed by atoms with E-state index in [1.165, 1.54) is 6.26 Å². The van der Waals surface area contributed by atoms with Crippen molar-refractivity contribution in [1.82, 2.24) is 25.8 Å². The Hall–Kier alpha value is -1.45. The minimum absolute atomic E-state index is 0.0122. The van der Waals surface area contributed by atoms with Crippen LogP contribution < -0.4 is 27.4 Å². The third-order valence-corrected chi connectivity index (χ3v) is 12.2. The van der Waals surface area contributed by atoms with Gasteiger partial charge in [0.1, 0.15) is 12.3 Å². The highest BCUT2D eigenvalue weighted by Crippen LogP contribution is 2.50. The van der Waals surface area contributed by atoms with Gasteiger partial charge in [-0.05, 0) is 63.5 Å². The fraction of sp³-hybridized carbons (Fsp3) is 0.929. The van der Waals surface area contributed by atoms with Crippen molar-refractivity contribution < 1.29 is 26.8 Å². The Kier molecular flexibility index (Phi) is 9.80. The standard InChI is InChI=1S/C28H49F2N7O4S/c1-42(40,41)19-15-37(16-19)27(39)17-4-9-36(10-5-17)24-20(30)13-33-14-22(24)35-26(38)23(25(31)32)21-11-28(6-2-7-28)8-3-18(29)12-34-21/h17-25,33-34H,2-16,31-32H2,1H3,(H,35,38). The minimum atomic E-state index is -3.16. The van der Waals surface area contributed by atoms with Crippen LogP contribution in [0.3, 0.4) is 0 Å². The zero-order chi connectivity index (χ0) is 30.2. The summed E-state index contributed by atoms with van der Waals surface area (Å²) in [6.07, 6.45) is 4.27. The molecule has 5 fully saturated rings. The molecule has 0 radical (unpaired) electrons. The Balaban J connectivity index is 1.21. The molecule has 4 saturated heterocycles. The van der Waals surface area contributed by atoms with E-state index in [1.807, 2.05) is 4.90 Å². The molecule has 4 aliphatic heterocycles. The van der Waals surface area contributed by atoms with Gasteiger partial charge in [0, 0.05) is 50.9 Å². The molecule has 0 bridgehead atoms. The van der Waals surface area contributed by atoms with Gasteiger partial charge in [0.2, 0.25) is 11.8 Å². The number of hydrogen-bond donors (Lipinski definition) is 5. The molecule has 14 heteroatoms. The molecule has 6 atom stereocenters. The van der Waals surface area contributed by atoms with E-state index in [9.17, 15) is 22.4 Å². The number of likely N-dealkylation sites (tertiary alicyclic amines) is 2. The lowest BCUT2D eigenvalue weighted by atomic mass is 9.61. The molecule has 0 aromatic carbocycles. The number of hydrogen-bond acceptors (Lipinski definition) is 9. The summed E-state index contributed by atoms with van der Waals surface area (Å²) in [5.41, 5.74) is 12.4. The maximum absolute atomic E-state index is 15.5. The number of piperidine rings is 2. The molecule has 0 aromatic rings. The van der Waals surface area contributed by atoms with Gasteiger partial charge in [-0.15, -0.1) is 0 Å². The van der Waals surface area contributed by atoms with Crippen LogP contribution in [0.1, 0.15) is 51.4 Å². The highest BCUT2D eigenvalue weighted by atomic mass is 32.2. The first kappa shape index (κ1) is 32.0. The quantitative estimate of drug-likeness (QED) is 0.232. The van der Waals surface area contributed by atoms with Gasteiger partial charge in [0.15, 0.2) is 9.84 Å². The van der Waals surface area contributed by atoms with Gasteiger partial charge in [-0.25, -0.2) is 17.2 Å². The van der Waals surface area contributed by atoms with E-state index in [0.29, 0.717) is 45.3 Å². The van der Waals surface area contributed by atoms with Crippen LogP contribution >= 0.6 is 0 Å². The monoisotopic (exact) mass is 617 g/mol. The fourth-order valence-corrected chi connectivity index (χ4v) is 8.76. The molecule has 0 aromatic heterocycles. The summed E-state index contributed by atoms with van der Waals surface area (Å²) < 4.78 is 53.4. The van der Waals surface area contributed by atoms with E-state index < -0.39 is 51.6 Å². The Morgan fingerprint density at radius 1 is 1.02 bits per heavy atom. The van der Waals surface area contributed by atoms with Crippen LogP contribution in [0, 0.1) is 17.3 Å². The molecule has 7 N–H and O–H groups in total. The Labute approximate surface area is 248 Å². The number of alkyl halides is 2. The van der Waals surface area contributed by atoms with E-state index in [-0.39, 0.29) is 55.4 Å². The third-order valence-electron chi connectivity index (χ3n) is 10.7. The summed E-state index contributed by atoms with van der Waals surface area (Å²) >= 11 is 0. The number of nitrogens with one attached hydrogen (secondary N) is 3. The molecule has 6 unspecified atom stereocenters. The molecule has 42 heavy (non-hydrogen) atoms.